The van der Waals surface area contributed by atoms with Crippen LogP contribution in [-0.4, -0.2) is 11.9 Å². The van der Waals surface area contributed by atoms with Gasteiger partial charge in [-0.2, -0.15) is 0 Å². The van der Waals surface area contributed by atoms with Gasteiger partial charge in [0.05, 0.1) is 0 Å². The highest BCUT2D eigenvalue weighted by molar-refractivity contribution is 6.12. The van der Waals surface area contributed by atoms with Gasteiger partial charge in [0, 0.05) is 11.6 Å². The van der Waals surface area contributed by atoms with E-state index in [2.05, 4.69) is 4.99 Å². The SMILES string of the molecule is Cc1cc(C=C2N=C(c3ccccc3)OC2=O)oc1C. The van der Waals surface area contributed by atoms with E-state index < -0.39 is 5.97 Å². The van der Waals surface area contributed by atoms with E-state index in [0.717, 1.165) is 16.9 Å². The molecule has 1 aliphatic heterocycles. The first kappa shape index (κ1) is 12.4. The van der Waals surface area contributed by atoms with Crippen molar-refractivity contribution in [1.82, 2.24) is 0 Å². The van der Waals surface area contributed by atoms with Crippen molar-refractivity contribution < 1.29 is 13.9 Å². The van der Waals surface area contributed by atoms with Crippen molar-refractivity contribution in [2.45, 2.75) is 13.8 Å². The molecular formula is C16H13NO3. The number of aliphatic imine (C=N–C) groups is 1. The number of hydrogen-bond acceptors (Lipinski definition) is 4. The second-order valence-corrected chi connectivity index (χ2v) is 4.59. The van der Waals surface area contributed by atoms with Crippen molar-refractivity contribution >= 4 is 17.9 Å². The number of cyclic esters (lactones) is 1. The maximum absolute atomic E-state index is 11.8. The Morgan fingerprint density at radius 3 is 2.55 bits per heavy atom. The summed E-state index contributed by atoms with van der Waals surface area (Å²) in [7, 11) is 0. The van der Waals surface area contributed by atoms with E-state index in [1.54, 1.807) is 6.08 Å². The molecule has 0 saturated heterocycles. The van der Waals surface area contributed by atoms with Crippen LogP contribution in [0.2, 0.25) is 0 Å². The molecule has 0 fully saturated rings. The summed E-state index contributed by atoms with van der Waals surface area (Å²) in [5, 5.41) is 0. The fourth-order valence-electron chi connectivity index (χ4n) is 1.92. The first-order chi connectivity index (χ1) is 9.63. The third-order valence-corrected chi connectivity index (χ3v) is 3.11. The number of nitrogens with zero attached hydrogens (tertiary/aromatic N) is 1. The number of esters is 1. The molecule has 0 saturated carbocycles. The smallest absolute Gasteiger partial charge is 0.363 e. The third-order valence-electron chi connectivity index (χ3n) is 3.11. The van der Waals surface area contributed by atoms with E-state index in [1.165, 1.54) is 0 Å². The predicted octanol–water partition coefficient (Wildman–Crippen LogP) is 3.24. The summed E-state index contributed by atoms with van der Waals surface area (Å²) < 4.78 is 10.7. The van der Waals surface area contributed by atoms with Crippen LogP contribution in [0.1, 0.15) is 22.6 Å². The Bertz CT molecular complexity index is 704. The van der Waals surface area contributed by atoms with E-state index >= 15 is 0 Å². The Hall–Kier alpha value is -2.62. The number of hydrogen-bond donors (Lipinski definition) is 0. The molecule has 20 heavy (non-hydrogen) atoms. The van der Waals surface area contributed by atoms with Crippen LogP contribution in [0.4, 0.5) is 0 Å². The lowest BCUT2D eigenvalue weighted by molar-refractivity contribution is -0.129. The summed E-state index contributed by atoms with van der Waals surface area (Å²) >= 11 is 0. The highest BCUT2D eigenvalue weighted by Gasteiger charge is 2.24. The number of carbonyl (C=O) groups is 1. The molecule has 1 aromatic carbocycles. The molecule has 0 amide bonds. The van der Waals surface area contributed by atoms with Gasteiger partial charge in [-0.15, -0.1) is 0 Å². The molecule has 100 valence electrons. The van der Waals surface area contributed by atoms with Crippen LogP contribution < -0.4 is 0 Å². The molecule has 3 rings (SSSR count). The molecule has 0 radical (unpaired) electrons. The van der Waals surface area contributed by atoms with Crippen molar-refractivity contribution in [3.05, 3.63) is 64.7 Å². The highest BCUT2D eigenvalue weighted by atomic mass is 16.6. The molecular weight excluding hydrogens is 254 g/mol. The molecule has 0 bridgehead atoms. The normalized spacial score (nSPS) is 16.4. The summed E-state index contributed by atoms with van der Waals surface area (Å²) in [6.45, 7) is 3.83. The van der Waals surface area contributed by atoms with Gasteiger partial charge in [0.1, 0.15) is 11.5 Å². The van der Waals surface area contributed by atoms with E-state index in [4.69, 9.17) is 9.15 Å². The van der Waals surface area contributed by atoms with Crippen LogP contribution in [0.15, 0.2) is 51.5 Å². The Morgan fingerprint density at radius 1 is 1.15 bits per heavy atom. The summed E-state index contributed by atoms with van der Waals surface area (Å²) in [5.74, 6) is 1.29. The zero-order valence-electron chi connectivity index (χ0n) is 11.2. The molecule has 4 nitrogen and oxygen atoms in total. The topological polar surface area (TPSA) is 51.8 Å². The fraction of sp³-hybridized carbons (Fsp3) is 0.125. The van der Waals surface area contributed by atoms with Gasteiger partial charge >= 0.3 is 5.97 Å². The van der Waals surface area contributed by atoms with Gasteiger partial charge in [-0.3, -0.25) is 0 Å². The molecule has 4 heteroatoms. The van der Waals surface area contributed by atoms with Gasteiger partial charge in [-0.1, -0.05) is 18.2 Å². The van der Waals surface area contributed by atoms with E-state index in [-0.39, 0.29) is 5.70 Å². The third kappa shape index (κ3) is 2.28. The molecule has 0 atom stereocenters. The standard InChI is InChI=1S/C16H13NO3/c1-10-8-13(19-11(10)2)9-14-16(18)20-15(17-14)12-6-4-3-5-7-12/h3-9H,1-2H3. The van der Waals surface area contributed by atoms with Crippen LogP contribution in [0.5, 0.6) is 0 Å². The molecule has 0 spiro atoms. The molecule has 0 N–H and O–H groups in total. The number of carbonyl (C=O) groups excluding carboxylic acids is 1. The highest BCUT2D eigenvalue weighted by Crippen LogP contribution is 2.21. The number of furan rings is 1. The summed E-state index contributed by atoms with van der Waals surface area (Å²) in [6.07, 6.45) is 1.60. The molecule has 1 aromatic heterocycles. The fourth-order valence-corrected chi connectivity index (χ4v) is 1.92. The average molecular weight is 267 g/mol. The first-order valence-electron chi connectivity index (χ1n) is 6.28. The Morgan fingerprint density at radius 2 is 1.90 bits per heavy atom. The predicted molar refractivity (Wildman–Crippen MR) is 75.2 cm³/mol. The van der Waals surface area contributed by atoms with E-state index in [0.29, 0.717) is 11.7 Å². The molecule has 2 aromatic rings. The zero-order valence-corrected chi connectivity index (χ0v) is 11.2. The van der Waals surface area contributed by atoms with Crippen molar-refractivity contribution in [3.63, 3.8) is 0 Å². The van der Waals surface area contributed by atoms with Crippen molar-refractivity contribution in [3.8, 4) is 0 Å². The van der Waals surface area contributed by atoms with Crippen LogP contribution in [0.3, 0.4) is 0 Å². The molecule has 2 heterocycles. The van der Waals surface area contributed by atoms with Gasteiger partial charge in [0.15, 0.2) is 5.70 Å². The molecule has 0 unspecified atom stereocenters. The maximum Gasteiger partial charge on any atom is 0.363 e. The van der Waals surface area contributed by atoms with Crippen molar-refractivity contribution in [2.24, 2.45) is 4.99 Å². The van der Waals surface area contributed by atoms with Crippen molar-refractivity contribution in [1.29, 1.82) is 0 Å². The Kier molecular flexibility index (Phi) is 2.99. The van der Waals surface area contributed by atoms with Crippen LogP contribution in [-0.2, 0) is 9.53 Å². The molecule has 0 aliphatic carbocycles. The zero-order chi connectivity index (χ0) is 14.1. The number of rotatable bonds is 2. The lowest BCUT2D eigenvalue weighted by Crippen LogP contribution is -2.04. The van der Waals surface area contributed by atoms with Crippen LogP contribution in [0.25, 0.3) is 6.08 Å². The van der Waals surface area contributed by atoms with Crippen LogP contribution >= 0.6 is 0 Å². The van der Waals surface area contributed by atoms with Gasteiger partial charge in [0.2, 0.25) is 5.90 Å². The second-order valence-electron chi connectivity index (χ2n) is 4.59. The lowest BCUT2D eigenvalue weighted by Gasteiger charge is -1.97. The lowest BCUT2D eigenvalue weighted by atomic mass is 10.2. The van der Waals surface area contributed by atoms with Crippen molar-refractivity contribution in [2.75, 3.05) is 0 Å². The van der Waals surface area contributed by atoms with Crippen LogP contribution in [0, 0.1) is 13.8 Å². The van der Waals surface area contributed by atoms with Gasteiger partial charge in [0.25, 0.3) is 0 Å². The first-order valence-corrected chi connectivity index (χ1v) is 6.28. The van der Waals surface area contributed by atoms with E-state index in [1.807, 2.05) is 50.2 Å². The number of benzene rings is 1. The minimum atomic E-state index is -0.462. The summed E-state index contributed by atoms with van der Waals surface area (Å²) in [4.78, 5) is 16.0. The summed E-state index contributed by atoms with van der Waals surface area (Å²) in [5.41, 5.74) is 2.06. The summed E-state index contributed by atoms with van der Waals surface area (Å²) in [6, 6.07) is 11.2. The minimum Gasteiger partial charge on any atom is -0.462 e. The molecule has 1 aliphatic rings. The quantitative estimate of drug-likeness (QED) is 0.620. The maximum atomic E-state index is 11.8. The second kappa shape index (κ2) is 4.81. The van der Waals surface area contributed by atoms with Gasteiger partial charge in [-0.25, -0.2) is 9.79 Å². The number of ether oxygens (including phenoxy) is 1. The monoisotopic (exact) mass is 267 g/mol. The average Bonchev–Trinajstić information content (AvgIpc) is 2.95. The van der Waals surface area contributed by atoms with Gasteiger partial charge < -0.3 is 9.15 Å². The number of aryl methyl sites for hydroxylation is 2. The largest absolute Gasteiger partial charge is 0.462 e. The Labute approximate surface area is 116 Å². The van der Waals surface area contributed by atoms with E-state index in [9.17, 15) is 4.79 Å². The van der Waals surface area contributed by atoms with Gasteiger partial charge in [-0.05, 0) is 37.6 Å². The minimum absolute atomic E-state index is 0.248. The Balaban J connectivity index is 1.94.